The highest BCUT2D eigenvalue weighted by Crippen LogP contribution is 2.54. The molecule has 0 bridgehead atoms. The Balaban J connectivity index is 2.30. The Morgan fingerprint density at radius 3 is 2.88 bits per heavy atom. The molecule has 0 heterocycles. The van der Waals surface area contributed by atoms with Crippen molar-refractivity contribution in [1.82, 2.24) is 0 Å². The molecule has 1 unspecified atom stereocenters. The van der Waals surface area contributed by atoms with Crippen LogP contribution in [0.25, 0.3) is 0 Å². The van der Waals surface area contributed by atoms with Crippen molar-refractivity contribution < 1.29 is 4.79 Å². The minimum atomic E-state index is 0.330. The minimum Gasteiger partial charge on any atom is -0.295 e. The van der Waals surface area contributed by atoms with Gasteiger partial charge in [0.1, 0.15) is 0 Å². The Morgan fingerprint density at radius 2 is 2.25 bits per heavy atom. The number of carbonyl (C=O) groups is 1. The van der Waals surface area contributed by atoms with E-state index in [1.807, 2.05) is 6.92 Å². The van der Waals surface area contributed by atoms with Crippen molar-refractivity contribution >= 4 is 5.78 Å². The molecule has 0 saturated heterocycles. The molecule has 1 fully saturated rings. The first-order chi connectivity index (χ1) is 7.44. The summed E-state index contributed by atoms with van der Waals surface area (Å²) >= 11 is 0. The van der Waals surface area contributed by atoms with Crippen LogP contribution in [0.2, 0.25) is 0 Å². The smallest absolute Gasteiger partial charge is 0.158 e. The predicted molar refractivity (Wildman–Crippen MR) is 67.1 cm³/mol. The summed E-state index contributed by atoms with van der Waals surface area (Å²) in [6, 6.07) is 0. The molecule has 88 valence electrons. The van der Waals surface area contributed by atoms with Gasteiger partial charge in [-0.2, -0.15) is 0 Å². The van der Waals surface area contributed by atoms with E-state index in [4.69, 9.17) is 0 Å². The molecule has 1 nitrogen and oxygen atoms in total. The third-order valence-electron chi connectivity index (χ3n) is 4.76. The van der Waals surface area contributed by atoms with Crippen LogP contribution in [-0.4, -0.2) is 5.78 Å². The average Bonchev–Trinajstić information content (AvgIpc) is 2.49. The second-order valence-electron chi connectivity index (χ2n) is 5.97. The number of hydrogen-bond donors (Lipinski definition) is 0. The zero-order valence-electron chi connectivity index (χ0n) is 10.7. The third-order valence-corrected chi connectivity index (χ3v) is 4.76. The van der Waals surface area contributed by atoms with E-state index in [0.29, 0.717) is 23.0 Å². The maximum absolute atomic E-state index is 12.0. The average molecular weight is 218 g/mol. The zero-order valence-corrected chi connectivity index (χ0v) is 10.7. The monoisotopic (exact) mass is 218 g/mol. The summed E-state index contributed by atoms with van der Waals surface area (Å²) < 4.78 is 0. The molecule has 0 spiro atoms. The standard InChI is InChI=1S/C15H22O/c1-10(2)12-6-8-15(4)7-5-11(3)14(16)9-13(12)15/h5,12-13H,1,6-9H2,2-4H3/t12?,13-,15-/m0/s1. The van der Waals surface area contributed by atoms with Gasteiger partial charge in [-0.3, -0.25) is 4.79 Å². The Kier molecular flexibility index (Phi) is 2.81. The van der Waals surface area contributed by atoms with Gasteiger partial charge in [0, 0.05) is 6.42 Å². The summed E-state index contributed by atoms with van der Waals surface area (Å²) in [6.07, 6.45) is 6.42. The van der Waals surface area contributed by atoms with E-state index >= 15 is 0 Å². The Bertz CT molecular complexity index is 364. The molecule has 1 heteroatoms. The predicted octanol–water partition coefficient (Wildman–Crippen LogP) is 3.90. The number of Topliss-reactive ketones (excluding diaryl/α,β-unsaturated/α-hetero) is 1. The van der Waals surface area contributed by atoms with Crippen molar-refractivity contribution in [3.05, 3.63) is 23.8 Å². The fourth-order valence-electron chi connectivity index (χ4n) is 3.45. The van der Waals surface area contributed by atoms with Crippen molar-refractivity contribution in [1.29, 1.82) is 0 Å². The minimum absolute atomic E-state index is 0.330. The summed E-state index contributed by atoms with van der Waals surface area (Å²) in [4.78, 5) is 12.0. The van der Waals surface area contributed by atoms with Gasteiger partial charge in [-0.15, -0.1) is 0 Å². The summed E-state index contributed by atoms with van der Waals surface area (Å²) in [5.41, 5.74) is 2.56. The fourth-order valence-corrected chi connectivity index (χ4v) is 3.45. The summed E-state index contributed by atoms with van der Waals surface area (Å²) in [5, 5.41) is 0. The SMILES string of the molecule is C=C(C)C1CC[C@]2(C)CC=C(C)C(=O)C[C@@H]12. The van der Waals surface area contributed by atoms with Crippen molar-refractivity contribution in [3.8, 4) is 0 Å². The van der Waals surface area contributed by atoms with Gasteiger partial charge in [-0.25, -0.2) is 0 Å². The van der Waals surface area contributed by atoms with E-state index in [1.54, 1.807) is 0 Å². The molecule has 16 heavy (non-hydrogen) atoms. The van der Waals surface area contributed by atoms with Crippen molar-refractivity contribution in [2.45, 2.75) is 46.5 Å². The molecule has 0 aromatic carbocycles. The van der Waals surface area contributed by atoms with Crippen LogP contribution < -0.4 is 0 Å². The largest absolute Gasteiger partial charge is 0.295 e. The number of fused-ring (bicyclic) bond motifs is 1. The molecule has 1 saturated carbocycles. The summed E-state index contributed by atoms with van der Waals surface area (Å²) in [7, 11) is 0. The molecule has 0 aromatic heterocycles. The normalized spacial score (nSPS) is 38.9. The summed E-state index contributed by atoms with van der Waals surface area (Å²) in [5.74, 6) is 1.43. The lowest BCUT2D eigenvalue weighted by atomic mass is 9.72. The third kappa shape index (κ3) is 1.77. The molecule has 2 aliphatic carbocycles. The highest BCUT2D eigenvalue weighted by atomic mass is 16.1. The van der Waals surface area contributed by atoms with E-state index in [2.05, 4.69) is 26.5 Å². The van der Waals surface area contributed by atoms with Crippen molar-refractivity contribution in [2.24, 2.45) is 17.3 Å². The Labute approximate surface area is 98.6 Å². The van der Waals surface area contributed by atoms with E-state index in [9.17, 15) is 4.79 Å². The lowest BCUT2D eigenvalue weighted by Gasteiger charge is -2.32. The van der Waals surface area contributed by atoms with Gasteiger partial charge in [-0.1, -0.05) is 25.2 Å². The first-order valence-electron chi connectivity index (χ1n) is 6.29. The van der Waals surface area contributed by atoms with E-state index in [1.165, 1.54) is 18.4 Å². The highest BCUT2D eigenvalue weighted by molar-refractivity contribution is 5.95. The van der Waals surface area contributed by atoms with Gasteiger partial charge < -0.3 is 0 Å². The molecular weight excluding hydrogens is 196 g/mol. The number of ketones is 1. The molecule has 3 atom stereocenters. The quantitative estimate of drug-likeness (QED) is 0.610. The first-order valence-corrected chi connectivity index (χ1v) is 6.29. The van der Waals surface area contributed by atoms with Crippen LogP contribution >= 0.6 is 0 Å². The Hall–Kier alpha value is -0.850. The van der Waals surface area contributed by atoms with Crippen LogP contribution in [0.4, 0.5) is 0 Å². The fraction of sp³-hybridized carbons (Fsp3) is 0.667. The molecule has 0 N–H and O–H groups in total. The number of hydrogen-bond acceptors (Lipinski definition) is 1. The molecule has 0 amide bonds. The van der Waals surface area contributed by atoms with Gasteiger partial charge in [0.15, 0.2) is 5.78 Å². The van der Waals surface area contributed by atoms with Gasteiger partial charge >= 0.3 is 0 Å². The molecule has 2 aliphatic rings. The van der Waals surface area contributed by atoms with E-state index < -0.39 is 0 Å². The summed E-state index contributed by atoms with van der Waals surface area (Å²) in [6.45, 7) is 10.5. The van der Waals surface area contributed by atoms with Gasteiger partial charge in [-0.05, 0) is 55.9 Å². The number of allylic oxidation sites excluding steroid dienone is 3. The van der Waals surface area contributed by atoms with Gasteiger partial charge in [0.05, 0.1) is 0 Å². The van der Waals surface area contributed by atoms with Crippen LogP contribution in [0, 0.1) is 17.3 Å². The first kappa shape index (κ1) is 11.6. The second kappa shape index (κ2) is 3.87. The molecule has 2 rings (SSSR count). The zero-order chi connectivity index (χ0) is 11.9. The van der Waals surface area contributed by atoms with Crippen molar-refractivity contribution in [2.75, 3.05) is 0 Å². The second-order valence-corrected chi connectivity index (χ2v) is 5.97. The van der Waals surface area contributed by atoms with E-state index in [-0.39, 0.29) is 0 Å². The van der Waals surface area contributed by atoms with Gasteiger partial charge in [0.25, 0.3) is 0 Å². The molecule has 0 aliphatic heterocycles. The maximum Gasteiger partial charge on any atom is 0.158 e. The van der Waals surface area contributed by atoms with Crippen LogP contribution in [0.1, 0.15) is 46.5 Å². The maximum atomic E-state index is 12.0. The van der Waals surface area contributed by atoms with Gasteiger partial charge in [0.2, 0.25) is 0 Å². The van der Waals surface area contributed by atoms with Crippen molar-refractivity contribution in [3.63, 3.8) is 0 Å². The topological polar surface area (TPSA) is 17.1 Å². The molecule has 0 radical (unpaired) electrons. The van der Waals surface area contributed by atoms with Crippen LogP contribution in [0.5, 0.6) is 0 Å². The van der Waals surface area contributed by atoms with E-state index in [0.717, 1.165) is 18.4 Å². The molecular formula is C15H22O. The van der Waals surface area contributed by atoms with Crippen LogP contribution in [0.15, 0.2) is 23.8 Å². The molecule has 0 aromatic rings. The highest BCUT2D eigenvalue weighted by Gasteiger charge is 2.46. The van der Waals surface area contributed by atoms with Crippen LogP contribution in [0.3, 0.4) is 0 Å². The lowest BCUT2D eigenvalue weighted by Crippen LogP contribution is -2.26. The number of rotatable bonds is 1. The number of carbonyl (C=O) groups excluding carboxylic acids is 1. The van der Waals surface area contributed by atoms with Crippen LogP contribution in [-0.2, 0) is 4.79 Å². The lowest BCUT2D eigenvalue weighted by molar-refractivity contribution is -0.117. The Morgan fingerprint density at radius 1 is 1.56 bits per heavy atom.